The standard InChI is InChI=1S/C17H12ClN5O3/c1-9(17(25)26)22-7-6-13-14(16(22)24)20-21-15-12(8-19-23(13)15)10-2-4-11(18)5-3-10/h2-9H,1H3,(H,25,26)/t9-/m1/s1. The Labute approximate surface area is 151 Å². The zero-order valence-corrected chi connectivity index (χ0v) is 14.3. The molecule has 4 aromatic rings. The van der Waals surface area contributed by atoms with E-state index in [4.69, 9.17) is 16.7 Å². The maximum Gasteiger partial charge on any atom is 0.326 e. The first-order valence-corrected chi connectivity index (χ1v) is 8.09. The van der Waals surface area contributed by atoms with Crippen molar-refractivity contribution in [3.05, 3.63) is 58.1 Å². The van der Waals surface area contributed by atoms with Crippen molar-refractivity contribution in [1.82, 2.24) is 24.4 Å². The van der Waals surface area contributed by atoms with Crippen LogP contribution in [0.25, 0.3) is 27.8 Å². The Morgan fingerprint density at radius 1 is 1.19 bits per heavy atom. The van der Waals surface area contributed by atoms with Crippen LogP contribution >= 0.6 is 11.6 Å². The Morgan fingerprint density at radius 3 is 2.62 bits per heavy atom. The van der Waals surface area contributed by atoms with Crippen molar-refractivity contribution in [3.8, 4) is 11.1 Å². The van der Waals surface area contributed by atoms with E-state index in [2.05, 4.69) is 15.3 Å². The van der Waals surface area contributed by atoms with Crippen LogP contribution in [0, 0.1) is 0 Å². The average molecular weight is 370 g/mol. The molecule has 0 saturated heterocycles. The minimum Gasteiger partial charge on any atom is -0.480 e. The Bertz CT molecular complexity index is 1210. The number of hydrogen-bond acceptors (Lipinski definition) is 5. The van der Waals surface area contributed by atoms with E-state index < -0.39 is 17.6 Å². The lowest BCUT2D eigenvalue weighted by atomic mass is 10.1. The molecule has 8 nitrogen and oxygen atoms in total. The highest BCUT2D eigenvalue weighted by atomic mass is 35.5. The zero-order chi connectivity index (χ0) is 18.4. The first-order valence-electron chi connectivity index (χ1n) is 7.71. The summed E-state index contributed by atoms with van der Waals surface area (Å²) in [5, 5.41) is 22.2. The minimum absolute atomic E-state index is 0.0545. The second-order valence-corrected chi connectivity index (χ2v) is 6.21. The molecule has 0 fully saturated rings. The number of rotatable bonds is 3. The topological polar surface area (TPSA) is 102 Å². The summed E-state index contributed by atoms with van der Waals surface area (Å²) in [5.74, 6) is -1.11. The molecule has 130 valence electrons. The van der Waals surface area contributed by atoms with Gasteiger partial charge in [0.05, 0.1) is 6.20 Å². The van der Waals surface area contributed by atoms with E-state index in [9.17, 15) is 9.59 Å². The third-order valence-corrected chi connectivity index (χ3v) is 4.47. The number of carboxylic acids is 1. The molecule has 0 aliphatic rings. The molecule has 0 saturated carbocycles. The number of carboxylic acid groups (broad SMARTS) is 1. The number of aliphatic carboxylic acids is 1. The zero-order valence-electron chi connectivity index (χ0n) is 13.5. The third kappa shape index (κ3) is 2.42. The van der Waals surface area contributed by atoms with Crippen molar-refractivity contribution in [3.63, 3.8) is 0 Å². The fraction of sp³-hybridized carbons (Fsp3) is 0.118. The largest absolute Gasteiger partial charge is 0.480 e. The first-order chi connectivity index (χ1) is 12.5. The van der Waals surface area contributed by atoms with Gasteiger partial charge in [0.2, 0.25) is 0 Å². The molecule has 9 heteroatoms. The summed E-state index contributed by atoms with van der Waals surface area (Å²) in [6.45, 7) is 1.42. The molecule has 0 amide bonds. The molecule has 0 spiro atoms. The van der Waals surface area contributed by atoms with E-state index in [-0.39, 0.29) is 5.52 Å². The minimum atomic E-state index is -1.11. The summed E-state index contributed by atoms with van der Waals surface area (Å²) in [7, 11) is 0. The Kier molecular flexibility index (Phi) is 3.69. The maximum absolute atomic E-state index is 12.6. The van der Waals surface area contributed by atoms with Gasteiger partial charge < -0.3 is 5.11 Å². The predicted octanol–water partition coefficient (Wildman–Crippen LogP) is 2.41. The first kappa shape index (κ1) is 16.2. The molecule has 0 aliphatic carbocycles. The normalized spacial score (nSPS) is 12.5. The van der Waals surface area contributed by atoms with Crippen LogP contribution in [0.2, 0.25) is 5.02 Å². The fourth-order valence-corrected chi connectivity index (χ4v) is 2.89. The lowest BCUT2D eigenvalue weighted by molar-refractivity contribution is -0.140. The molecule has 1 aromatic carbocycles. The molecule has 26 heavy (non-hydrogen) atoms. The molecule has 4 rings (SSSR count). The molecule has 1 N–H and O–H groups in total. The molecule has 1 atom stereocenters. The van der Waals surface area contributed by atoms with Gasteiger partial charge in [0.15, 0.2) is 11.2 Å². The number of nitrogens with zero attached hydrogens (tertiary/aromatic N) is 5. The summed E-state index contributed by atoms with van der Waals surface area (Å²) in [4.78, 5) is 23.7. The maximum atomic E-state index is 12.6. The Hall–Kier alpha value is -3.26. The highest BCUT2D eigenvalue weighted by Crippen LogP contribution is 2.25. The molecule has 0 aliphatic heterocycles. The smallest absolute Gasteiger partial charge is 0.326 e. The highest BCUT2D eigenvalue weighted by Gasteiger charge is 2.19. The number of aromatic nitrogens is 5. The van der Waals surface area contributed by atoms with Crippen LogP contribution in [0.3, 0.4) is 0 Å². The van der Waals surface area contributed by atoms with Crippen molar-refractivity contribution >= 4 is 34.3 Å². The lowest BCUT2D eigenvalue weighted by Gasteiger charge is -2.11. The van der Waals surface area contributed by atoms with E-state index in [0.29, 0.717) is 16.2 Å². The SMILES string of the molecule is C[C@H](C(=O)O)n1ccc2c(nnc3c(-c4ccc(Cl)cc4)cnn32)c1=O. The van der Waals surface area contributed by atoms with Crippen molar-refractivity contribution in [2.45, 2.75) is 13.0 Å². The van der Waals surface area contributed by atoms with E-state index in [1.165, 1.54) is 17.6 Å². The number of benzene rings is 1. The molecule has 3 heterocycles. The number of fused-ring (bicyclic) bond motifs is 3. The van der Waals surface area contributed by atoms with Crippen LogP contribution < -0.4 is 5.56 Å². The van der Waals surface area contributed by atoms with Crippen LogP contribution in [-0.4, -0.2) is 35.5 Å². The van der Waals surface area contributed by atoms with Gasteiger partial charge in [-0.1, -0.05) is 23.7 Å². The molecule has 0 unspecified atom stereocenters. The van der Waals surface area contributed by atoms with E-state index in [0.717, 1.165) is 15.7 Å². The lowest BCUT2D eigenvalue weighted by Crippen LogP contribution is -2.28. The average Bonchev–Trinajstić information content (AvgIpc) is 3.06. The third-order valence-electron chi connectivity index (χ3n) is 4.22. The van der Waals surface area contributed by atoms with Gasteiger partial charge in [-0.3, -0.25) is 9.36 Å². The number of hydrogen-bond donors (Lipinski definition) is 1. The van der Waals surface area contributed by atoms with Gasteiger partial charge in [-0.25, -0.2) is 9.31 Å². The second kappa shape index (κ2) is 5.92. The van der Waals surface area contributed by atoms with Gasteiger partial charge in [-0.05, 0) is 30.7 Å². The van der Waals surface area contributed by atoms with Crippen LogP contribution in [-0.2, 0) is 4.79 Å². The summed E-state index contributed by atoms with van der Waals surface area (Å²) in [5.41, 5.74) is 2.08. The number of carbonyl (C=O) groups is 1. The van der Waals surface area contributed by atoms with Gasteiger partial charge in [0, 0.05) is 16.8 Å². The highest BCUT2D eigenvalue weighted by molar-refractivity contribution is 6.30. The predicted molar refractivity (Wildman–Crippen MR) is 95.3 cm³/mol. The molecule has 0 radical (unpaired) electrons. The quantitative estimate of drug-likeness (QED) is 0.595. The van der Waals surface area contributed by atoms with Gasteiger partial charge >= 0.3 is 5.97 Å². The summed E-state index contributed by atoms with van der Waals surface area (Å²) in [6, 6.07) is 7.82. The van der Waals surface area contributed by atoms with Gasteiger partial charge in [-0.15, -0.1) is 10.2 Å². The molecular formula is C17H12ClN5O3. The summed E-state index contributed by atoms with van der Waals surface area (Å²) < 4.78 is 2.62. The van der Waals surface area contributed by atoms with Gasteiger partial charge in [0.25, 0.3) is 5.56 Å². The van der Waals surface area contributed by atoms with Gasteiger partial charge in [-0.2, -0.15) is 5.10 Å². The molecule has 0 bridgehead atoms. The fourth-order valence-electron chi connectivity index (χ4n) is 2.76. The van der Waals surface area contributed by atoms with Crippen molar-refractivity contribution in [1.29, 1.82) is 0 Å². The second-order valence-electron chi connectivity index (χ2n) is 5.78. The van der Waals surface area contributed by atoms with Crippen LogP contribution in [0.15, 0.2) is 47.5 Å². The van der Waals surface area contributed by atoms with E-state index >= 15 is 0 Å². The van der Waals surface area contributed by atoms with Crippen LogP contribution in [0.1, 0.15) is 13.0 Å². The van der Waals surface area contributed by atoms with E-state index in [1.54, 1.807) is 24.4 Å². The number of halogens is 1. The van der Waals surface area contributed by atoms with Gasteiger partial charge in [0.1, 0.15) is 11.6 Å². The number of pyridine rings is 1. The van der Waals surface area contributed by atoms with Crippen molar-refractivity contribution in [2.75, 3.05) is 0 Å². The van der Waals surface area contributed by atoms with Crippen molar-refractivity contribution < 1.29 is 9.90 Å². The molecular weight excluding hydrogens is 358 g/mol. The van der Waals surface area contributed by atoms with Crippen LogP contribution in [0.4, 0.5) is 0 Å². The Balaban J connectivity index is 1.94. The summed E-state index contributed by atoms with van der Waals surface area (Å²) >= 11 is 5.92. The monoisotopic (exact) mass is 369 g/mol. The van der Waals surface area contributed by atoms with E-state index in [1.807, 2.05) is 12.1 Å². The summed E-state index contributed by atoms with van der Waals surface area (Å²) in [6.07, 6.45) is 3.06. The molecule has 3 aromatic heterocycles. The van der Waals surface area contributed by atoms with Crippen LogP contribution in [0.5, 0.6) is 0 Å². The van der Waals surface area contributed by atoms with Crippen molar-refractivity contribution in [2.24, 2.45) is 0 Å². The Morgan fingerprint density at radius 2 is 1.92 bits per heavy atom.